The van der Waals surface area contributed by atoms with E-state index in [1.807, 2.05) is 0 Å². The van der Waals surface area contributed by atoms with E-state index in [1.165, 1.54) is 18.4 Å². The normalized spacial score (nSPS) is 27.6. The van der Waals surface area contributed by atoms with E-state index in [4.69, 9.17) is 0 Å². The van der Waals surface area contributed by atoms with Crippen molar-refractivity contribution in [1.29, 1.82) is 0 Å². The lowest BCUT2D eigenvalue weighted by molar-refractivity contribution is 0.333. The summed E-state index contributed by atoms with van der Waals surface area (Å²) in [5, 5.41) is 3.59. The number of piperidine rings is 1. The van der Waals surface area contributed by atoms with Gasteiger partial charge in [0.2, 0.25) is 0 Å². The van der Waals surface area contributed by atoms with Crippen molar-refractivity contribution < 1.29 is 0 Å². The van der Waals surface area contributed by atoms with E-state index >= 15 is 0 Å². The molecule has 0 saturated carbocycles. The van der Waals surface area contributed by atoms with Gasteiger partial charge in [0, 0.05) is 10.5 Å². The first-order valence-electron chi connectivity index (χ1n) is 5.24. The van der Waals surface area contributed by atoms with E-state index in [9.17, 15) is 0 Å². The SMILES string of the molecule is CC1CCC(c2ccc(Br)cc2)NC1. The van der Waals surface area contributed by atoms with Crippen LogP contribution in [0.4, 0.5) is 0 Å². The minimum absolute atomic E-state index is 0.569. The molecule has 76 valence electrons. The third-order valence-corrected chi connectivity index (χ3v) is 3.46. The molecule has 14 heavy (non-hydrogen) atoms. The molecule has 2 unspecified atom stereocenters. The minimum atomic E-state index is 0.569. The van der Waals surface area contributed by atoms with E-state index in [0.29, 0.717) is 6.04 Å². The molecule has 2 rings (SSSR count). The molecule has 0 spiro atoms. The third-order valence-electron chi connectivity index (χ3n) is 2.93. The van der Waals surface area contributed by atoms with Crippen LogP contribution in [0, 0.1) is 5.92 Å². The summed E-state index contributed by atoms with van der Waals surface area (Å²) in [6, 6.07) is 9.22. The number of hydrogen-bond acceptors (Lipinski definition) is 1. The van der Waals surface area contributed by atoms with Gasteiger partial charge >= 0.3 is 0 Å². The molecule has 0 radical (unpaired) electrons. The predicted molar refractivity (Wildman–Crippen MR) is 63.3 cm³/mol. The summed E-state index contributed by atoms with van der Waals surface area (Å²) in [5.74, 6) is 0.835. The number of benzene rings is 1. The molecule has 1 aliphatic rings. The molecule has 1 heterocycles. The number of rotatable bonds is 1. The van der Waals surface area contributed by atoms with Gasteiger partial charge in [-0.05, 0) is 43.0 Å². The fourth-order valence-corrected chi connectivity index (χ4v) is 2.24. The fraction of sp³-hybridized carbons (Fsp3) is 0.500. The van der Waals surface area contributed by atoms with Gasteiger partial charge in [-0.15, -0.1) is 0 Å². The zero-order valence-corrected chi connectivity index (χ0v) is 10.0. The molecule has 0 aromatic heterocycles. The topological polar surface area (TPSA) is 12.0 Å². The van der Waals surface area contributed by atoms with Crippen molar-refractivity contribution in [2.24, 2.45) is 5.92 Å². The summed E-state index contributed by atoms with van der Waals surface area (Å²) < 4.78 is 1.16. The zero-order chi connectivity index (χ0) is 9.97. The second kappa shape index (κ2) is 4.45. The zero-order valence-electron chi connectivity index (χ0n) is 8.46. The van der Waals surface area contributed by atoms with Crippen LogP contribution in [0.3, 0.4) is 0 Å². The summed E-state index contributed by atoms with van der Waals surface area (Å²) >= 11 is 3.46. The molecule has 1 fully saturated rings. The fourth-order valence-electron chi connectivity index (χ4n) is 1.98. The highest BCUT2D eigenvalue weighted by molar-refractivity contribution is 9.10. The maximum atomic E-state index is 3.59. The molecule has 1 aliphatic heterocycles. The van der Waals surface area contributed by atoms with E-state index in [2.05, 4.69) is 52.4 Å². The average Bonchev–Trinajstić information content (AvgIpc) is 2.21. The average molecular weight is 254 g/mol. The van der Waals surface area contributed by atoms with Gasteiger partial charge in [-0.3, -0.25) is 0 Å². The Labute approximate surface area is 94.0 Å². The third kappa shape index (κ3) is 2.37. The van der Waals surface area contributed by atoms with E-state index in [-0.39, 0.29) is 0 Å². The van der Waals surface area contributed by atoms with Crippen LogP contribution in [0.5, 0.6) is 0 Å². The molecular weight excluding hydrogens is 238 g/mol. The quantitative estimate of drug-likeness (QED) is 0.808. The first kappa shape index (κ1) is 10.2. The lowest BCUT2D eigenvalue weighted by Gasteiger charge is -2.28. The Morgan fingerprint density at radius 1 is 1.21 bits per heavy atom. The van der Waals surface area contributed by atoms with Crippen LogP contribution in [-0.2, 0) is 0 Å². The largest absolute Gasteiger partial charge is 0.310 e. The van der Waals surface area contributed by atoms with Gasteiger partial charge in [0.25, 0.3) is 0 Å². The summed E-state index contributed by atoms with van der Waals surface area (Å²) in [6.07, 6.45) is 2.61. The van der Waals surface area contributed by atoms with Crippen molar-refractivity contribution in [3.05, 3.63) is 34.3 Å². The Bertz CT molecular complexity index is 286. The van der Waals surface area contributed by atoms with Gasteiger partial charge in [-0.25, -0.2) is 0 Å². The standard InChI is InChI=1S/C12H16BrN/c1-9-2-7-12(14-8-9)10-3-5-11(13)6-4-10/h3-6,9,12,14H,2,7-8H2,1H3. The van der Waals surface area contributed by atoms with Crippen molar-refractivity contribution in [2.75, 3.05) is 6.54 Å². The Morgan fingerprint density at radius 3 is 2.50 bits per heavy atom. The van der Waals surface area contributed by atoms with Crippen molar-refractivity contribution in [2.45, 2.75) is 25.8 Å². The molecule has 1 saturated heterocycles. The Balaban J connectivity index is 2.05. The van der Waals surface area contributed by atoms with E-state index in [0.717, 1.165) is 16.9 Å². The molecule has 1 aromatic carbocycles. The summed E-state index contributed by atoms with van der Waals surface area (Å²) in [7, 11) is 0. The number of hydrogen-bond donors (Lipinski definition) is 1. The van der Waals surface area contributed by atoms with Crippen LogP contribution in [0.1, 0.15) is 31.4 Å². The lowest BCUT2D eigenvalue weighted by Crippen LogP contribution is -2.31. The predicted octanol–water partition coefficient (Wildman–Crippen LogP) is 3.51. The van der Waals surface area contributed by atoms with Crippen molar-refractivity contribution in [3.8, 4) is 0 Å². The first-order valence-corrected chi connectivity index (χ1v) is 6.04. The second-order valence-corrected chi connectivity index (χ2v) is 5.11. The van der Waals surface area contributed by atoms with Crippen molar-refractivity contribution in [1.82, 2.24) is 5.32 Å². The summed E-state index contributed by atoms with van der Waals surface area (Å²) in [5.41, 5.74) is 1.42. The van der Waals surface area contributed by atoms with Gasteiger partial charge in [0.1, 0.15) is 0 Å². The van der Waals surface area contributed by atoms with Gasteiger partial charge in [-0.1, -0.05) is 35.0 Å². The highest BCUT2D eigenvalue weighted by Gasteiger charge is 2.18. The molecule has 2 heteroatoms. The second-order valence-electron chi connectivity index (χ2n) is 4.19. The van der Waals surface area contributed by atoms with Crippen LogP contribution in [0.2, 0.25) is 0 Å². The maximum Gasteiger partial charge on any atom is 0.0320 e. The van der Waals surface area contributed by atoms with Gasteiger partial charge in [0.15, 0.2) is 0 Å². The van der Waals surface area contributed by atoms with Crippen LogP contribution in [0.15, 0.2) is 28.7 Å². The number of nitrogens with one attached hydrogen (secondary N) is 1. The molecule has 2 atom stereocenters. The molecule has 0 amide bonds. The molecule has 1 aromatic rings. The maximum absolute atomic E-state index is 3.59. The molecular formula is C12H16BrN. The number of halogens is 1. The molecule has 0 aliphatic carbocycles. The van der Waals surface area contributed by atoms with Crippen LogP contribution in [0.25, 0.3) is 0 Å². The lowest BCUT2D eigenvalue weighted by atomic mass is 9.92. The Morgan fingerprint density at radius 2 is 1.93 bits per heavy atom. The summed E-state index contributed by atoms with van der Waals surface area (Å²) in [4.78, 5) is 0. The highest BCUT2D eigenvalue weighted by Crippen LogP contribution is 2.26. The smallest absolute Gasteiger partial charge is 0.0320 e. The van der Waals surface area contributed by atoms with Crippen LogP contribution >= 0.6 is 15.9 Å². The minimum Gasteiger partial charge on any atom is -0.310 e. The highest BCUT2D eigenvalue weighted by atomic mass is 79.9. The molecule has 0 bridgehead atoms. The molecule has 1 nitrogen and oxygen atoms in total. The van der Waals surface area contributed by atoms with Gasteiger partial charge < -0.3 is 5.32 Å². The van der Waals surface area contributed by atoms with Crippen molar-refractivity contribution >= 4 is 15.9 Å². The monoisotopic (exact) mass is 253 g/mol. The van der Waals surface area contributed by atoms with Gasteiger partial charge in [-0.2, -0.15) is 0 Å². The molecule has 1 N–H and O–H groups in total. The van der Waals surface area contributed by atoms with E-state index < -0.39 is 0 Å². The van der Waals surface area contributed by atoms with Crippen molar-refractivity contribution in [3.63, 3.8) is 0 Å². The van der Waals surface area contributed by atoms with E-state index in [1.54, 1.807) is 0 Å². The summed E-state index contributed by atoms with van der Waals surface area (Å²) in [6.45, 7) is 3.46. The van der Waals surface area contributed by atoms with Crippen LogP contribution < -0.4 is 5.32 Å². The van der Waals surface area contributed by atoms with Crippen LogP contribution in [-0.4, -0.2) is 6.54 Å². The Kier molecular flexibility index (Phi) is 3.24. The first-order chi connectivity index (χ1) is 6.75. The Hall–Kier alpha value is -0.340. The van der Waals surface area contributed by atoms with Gasteiger partial charge in [0.05, 0.1) is 0 Å².